The van der Waals surface area contributed by atoms with Crippen LogP contribution in [-0.2, 0) is 9.84 Å². The van der Waals surface area contributed by atoms with Crippen molar-refractivity contribution in [2.75, 3.05) is 11.6 Å². The van der Waals surface area contributed by atoms with Crippen LogP contribution >= 0.6 is 0 Å². The molecule has 0 radical (unpaired) electrons. The van der Waals surface area contributed by atoms with Gasteiger partial charge in [0.15, 0.2) is 9.84 Å². The third-order valence-corrected chi connectivity index (χ3v) is 3.84. The standard InChI is InChI=1S/C14H11F2NO3S/c1-21(19,20)11-5-3-10(4-6-11)17-14(18)12-8-9(15)2-7-13(12)16/h2-8H,1H3,(H,17,18). The monoisotopic (exact) mass is 311 g/mol. The lowest BCUT2D eigenvalue weighted by Crippen LogP contribution is -2.14. The highest BCUT2D eigenvalue weighted by molar-refractivity contribution is 7.90. The van der Waals surface area contributed by atoms with Gasteiger partial charge >= 0.3 is 0 Å². The van der Waals surface area contributed by atoms with Gasteiger partial charge in [-0.15, -0.1) is 0 Å². The Bertz CT molecular complexity index is 786. The Labute approximate surface area is 120 Å². The molecule has 1 N–H and O–H groups in total. The Morgan fingerprint density at radius 3 is 2.24 bits per heavy atom. The summed E-state index contributed by atoms with van der Waals surface area (Å²) in [5, 5.41) is 2.36. The maximum Gasteiger partial charge on any atom is 0.258 e. The summed E-state index contributed by atoms with van der Waals surface area (Å²) in [4.78, 5) is 11.9. The van der Waals surface area contributed by atoms with Crippen molar-refractivity contribution in [2.45, 2.75) is 4.90 Å². The first kappa shape index (κ1) is 15.1. The summed E-state index contributed by atoms with van der Waals surface area (Å²) in [5.74, 6) is -2.39. The molecule has 0 saturated heterocycles. The molecule has 0 atom stereocenters. The normalized spacial score (nSPS) is 11.2. The van der Waals surface area contributed by atoms with E-state index in [1.165, 1.54) is 24.3 Å². The highest BCUT2D eigenvalue weighted by Gasteiger charge is 2.13. The fourth-order valence-corrected chi connectivity index (χ4v) is 2.29. The lowest BCUT2D eigenvalue weighted by molar-refractivity contribution is 0.102. The first-order chi connectivity index (χ1) is 9.77. The van der Waals surface area contributed by atoms with Gasteiger partial charge in [0.2, 0.25) is 0 Å². The molecular formula is C14H11F2NO3S. The number of sulfone groups is 1. The number of carbonyl (C=O) groups excluding carboxylic acids is 1. The maximum atomic E-state index is 13.4. The van der Waals surface area contributed by atoms with Crippen molar-refractivity contribution in [2.24, 2.45) is 0 Å². The summed E-state index contributed by atoms with van der Waals surface area (Å²) in [6.07, 6.45) is 1.06. The summed E-state index contributed by atoms with van der Waals surface area (Å²) in [6, 6.07) is 7.91. The van der Waals surface area contributed by atoms with E-state index in [1.807, 2.05) is 0 Å². The van der Waals surface area contributed by atoms with E-state index in [0.29, 0.717) is 0 Å². The number of anilines is 1. The van der Waals surface area contributed by atoms with Gasteiger partial charge in [-0.1, -0.05) is 0 Å². The summed E-state index contributed by atoms with van der Waals surface area (Å²) in [5.41, 5.74) is -0.154. The third-order valence-electron chi connectivity index (χ3n) is 2.71. The molecule has 0 unspecified atom stereocenters. The van der Waals surface area contributed by atoms with Crippen molar-refractivity contribution in [1.29, 1.82) is 0 Å². The molecule has 0 aliphatic heterocycles. The summed E-state index contributed by atoms with van der Waals surface area (Å²) in [7, 11) is -3.33. The van der Waals surface area contributed by atoms with Crippen LogP contribution < -0.4 is 5.32 Å². The van der Waals surface area contributed by atoms with Gasteiger partial charge in [0.1, 0.15) is 11.6 Å². The molecule has 0 saturated carbocycles. The van der Waals surface area contributed by atoms with Gasteiger partial charge in [0.25, 0.3) is 5.91 Å². The second-order valence-electron chi connectivity index (χ2n) is 4.37. The molecule has 0 aromatic heterocycles. The van der Waals surface area contributed by atoms with Crippen molar-refractivity contribution in [1.82, 2.24) is 0 Å². The van der Waals surface area contributed by atoms with Crippen LogP contribution in [0.2, 0.25) is 0 Å². The van der Waals surface area contributed by atoms with Crippen molar-refractivity contribution in [3.63, 3.8) is 0 Å². The number of rotatable bonds is 3. The summed E-state index contributed by atoms with van der Waals surface area (Å²) in [6.45, 7) is 0. The molecule has 1 amide bonds. The molecule has 0 fully saturated rings. The smallest absolute Gasteiger partial charge is 0.258 e. The molecule has 0 spiro atoms. The molecular weight excluding hydrogens is 300 g/mol. The van der Waals surface area contributed by atoms with Gasteiger partial charge < -0.3 is 5.32 Å². The third kappa shape index (κ3) is 3.63. The molecule has 21 heavy (non-hydrogen) atoms. The summed E-state index contributed by atoms with van der Waals surface area (Å²) < 4.78 is 49.0. The van der Waals surface area contributed by atoms with Gasteiger partial charge in [0, 0.05) is 11.9 Å². The zero-order valence-corrected chi connectivity index (χ0v) is 11.7. The number of hydrogen-bond acceptors (Lipinski definition) is 3. The van der Waals surface area contributed by atoms with Crippen molar-refractivity contribution >= 4 is 21.4 Å². The van der Waals surface area contributed by atoms with Crippen LogP contribution in [0.4, 0.5) is 14.5 Å². The molecule has 0 bridgehead atoms. The second-order valence-corrected chi connectivity index (χ2v) is 6.39. The van der Waals surface area contributed by atoms with Gasteiger partial charge in [0.05, 0.1) is 10.5 Å². The van der Waals surface area contributed by atoms with Crippen LogP contribution in [0.5, 0.6) is 0 Å². The van der Waals surface area contributed by atoms with Crippen LogP contribution in [-0.4, -0.2) is 20.6 Å². The largest absolute Gasteiger partial charge is 0.322 e. The van der Waals surface area contributed by atoms with E-state index in [2.05, 4.69) is 5.32 Å². The quantitative estimate of drug-likeness (QED) is 0.948. The average molecular weight is 311 g/mol. The van der Waals surface area contributed by atoms with E-state index in [0.717, 1.165) is 24.5 Å². The van der Waals surface area contributed by atoms with Gasteiger partial charge in [-0.3, -0.25) is 4.79 Å². The van der Waals surface area contributed by atoms with Crippen molar-refractivity contribution in [3.8, 4) is 0 Å². The topological polar surface area (TPSA) is 63.2 Å². The number of halogens is 2. The lowest BCUT2D eigenvalue weighted by atomic mass is 10.2. The van der Waals surface area contributed by atoms with Gasteiger partial charge in [-0.2, -0.15) is 0 Å². The highest BCUT2D eigenvalue weighted by atomic mass is 32.2. The van der Waals surface area contributed by atoms with Crippen LogP contribution in [0.15, 0.2) is 47.4 Å². The van der Waals surface area contributed by atoms with E-state index in [-0.39, 0.29) is 10.6 Å². The minimum Gasteiger partial charge on any atom is -0.322 e. The molecule has 2 aromatic rings. The average Bonchev–Trinajstić information content (AvgIpc) is 2.41. The van der Waals surface area contributed by atoms with E-state index >= 15 is 0 Å². The second kappa shape index (κ2) is 5.61. The number of benzene rings is 2. The first-order valence-electron chi connectivity index (χ1n) is 5.84. The Kier molecular flexibility index (Phi) is 4.04. The lowest BCUT2D eigenvalue weighted by Gasteiger charge is -2.07. The van der Waals surface area contributed by atoms with E-state index in [9.17, 15) is 22.0 Å². The molecule has 7 heteroatoms. The highest BCUT2D eigenvalue weighted by Crippen LogP contribution is 2.16. The maximum absolute atomic E-state index is 13.4. The molecule has 2 rings (SSSR count). The number of amides is 1. The Balaban J connectivity index is 2.22. The van der Waals surface area contributed by atoms with Crippen LogP contribution in [0.1, 0.15) is 10.4 Å². The minimum absolute atomic E-state index is 0.0948. The van der Waals surface area contributed by atoms with Crippen molar-refractivity contribution < 1.29 is 22.0 Å². The molecule has 0 aliphatic rings. The zero-order chi connectivity index (χ0) is 15.6. The molecule has 2 aromatic carbocycles. The molecule has 110 valence electrons. The first-order valence-corrected chi connectivity index (χ1v) is 7.73. The van der Waals surface area contributed by atoms with Crippen LogP contribution in [0, 0.1) is 11.6 Å². The Morgan fingerprint density at radius 2 is 1.67 bits per heavy atom. The predicted octanol–water partition coefficient (Wildman–Crippen LogP) is 2.62. The van der Waals surface area contributed by atoms with Gasteiger partial charge in [-0.25, -0.2) is 17.2 Å². The van der Waals surface area contributed by atoms with E-state index in [1.54, 1.807) is 0 Å². The van der Waals surface area contributed by atoms with Crippen LogP contribution in [0.3, 0.4) is 0 Å². The molecule has 0 heterocycles. The van der Waals surface area contributed by atoms with Gasteiger partial charge in [-0.05, 0) is 42.5 Å². The number of nitrogens with one attached hydrogen (secondary N) is 1. The fraction of sp³-hybridized carbons (Fsp3) is 0.0714. The SMILES string of the molecule is CS(=O)(=O)c1ccc(NC(=O)c2cc(F)ccc2F)cc1. The molecule has 0 aliphatic carbocycles. The molecule has 4 nitrogen and oxygen atoms in total. The Hall–Kier alpha value is -2.28. The fourth-order valence-electron chi connectivity index (χ4n) is 1.66. The number of carbonyl (C=O) groups is 1. The summed E-state index contributed by atoms with van der Waals surface area (Å²) >= 11 is 0. The van der Waals surface area contributed by atoms with E-state index < -0.39 is 32.9 Å². The Morgan fingerprint density at radius 1 is 1.05 bits per heavy atom. The zero-order valence-electron chi connectivity index (χ0n) is 10.9. The predicted molar refractivity (Wildman–Crippen MR) is 73.9 cm³/mol. The minimum atomic E-state index is -3.33. The van der Waals surface area contributed by atoms with E-state index in [4.69, 9.17) is 0 Å². The van der Waals surface area contributed by atoms with Crippen molar-refractivity contribution in [3.05, 3.63) is 59.7 Å². The number of hydrogen-bond donors (Lipinski definition) is 1. The van der Waals surface area contributed by atoms with Crippen LogP contribution in [0.25, 0.3) is 0 Å².